The fourth-order valence-electron chi connectivity index (χ4n) is 1.84. The van der Waals surface area contributed by atoms with Gasteiger partial charge in [0.15, 0.2) is 0 Å². The van der Waals surface area contributed by atoms with E-state index in [-0.39, 0.29) is 6.42 Å². The van der Waals surface area contributed by atoms with Crippen LogP contribution in [0.25, 0.3) is 0 Å². The number of oxime groups is 1. The number of aromatic nitrogens is 1. The molecule has 0 radical (unpaired) electrons. The fraction of sp³-hybridized carbons (Fsp3) is 0.467. The minimum atomic E-state index is -0.628. The van der Waals surface area contributed by atoms with Crippen LogP contribution in [0.1, 0.15) is 38.7 Å². The van der Waals surface area contributed by atoms with Gasteiger partial charge in [0.25, 0.3) is 0 Å². The van der Waals surface area contributed by atoms with Crippen molar-refractivity contribution in [2.24, 2.45) is 11.1 Å². The van der Waals surface area contributed by atoms with Gasteiger partial charge in [0, 0.05) is 6.20 Å². The van der Waals surface area contributed by atoms with E-state index in [0.717, 1.165) is 30.5 Å². The Morgan fingerprint density at radius 1 is 1.57 bits per heavy atom. The van der Waals surface area contributed by atoms with E-state index in [0.29, 0.717) is 11.1 Å². The Bertz CT molecular complexity index is 535. The number of carbonyl (C=O) groups excluding carboxylic acids is 1. The summed E-state index contributed by atoms with van der Waals surface area (Å²) in [5.74, 6) is -0.226. The second-order valence-corrected chi connectivity index (χ2v) is 5.35. The molecule has 6 heteroatoms. The van der Waals surface area contributed by atoms with Crippen LogP contribution in [0.15, 0.2) is 23.5 Å². The van der Waals surface area contributed by atoms with Crippen molar-refractivity contribution in [3.63, 3.8) is 0 Å². The SMILES string of the molecule is CC(CC(C)CCc1ccc(Cl)nc1)=NOC(=O)CC#N. The van der Waals surface area contributed by atoms with Gasteiger partial charge in [0.05, 0.1) is 11.8 Å². The van der Waals surface area contributed by atoms with E-state index in [4.69, 9.17) is 16.9 Å². The predicted molar refractivity (Wildman–Crippen MR) is 80.8 cm³/mol. The summed E-state index contributed by atoms with van der Waals surface area (Å²) in [6, 6.07) is 5.46. The highest BCUT2D eigenvalue weighted by Gasteiger charge is 2.07. The van der Waals surface area contributed by atoms with Crippen molar-refractivity contribution < 1.29 is 9.63 Å². The largest absolute Gasteiger partial charge is 0.348 e. The molecule has 1 aromatic heterocycles. The van der Waals surface area contributed by atoms with Crippen molar-refractivity contribution in [1.29, 1.82) is 5.26 Å². The normalized spacial score (nSPS) is 12.6. The maximum absolute atomic E-state index is 11.0. The highest BCUT2D eigenvalue weighted by atomic mass is 35.5. The fourth-order valence-corrected chi connectivity index (χ4v) is 1.95. The van der Waals surface area contributed by atoms with Gasteiger partial charge in [0.1, 0.15) is 11.6 Å². The zero-order valence-electron chi connectivity index (χ0n) is 12.2. The van der Waals surface area contributed by atoms with E-state index in [1.54, 1.807) is 25.3 Å². The number of hydrogen-bond donors (Lipinski definition) is 0. The number of hydrogen-bond acceptors (Lipinski definition) is 5. The van der Waals surface area contributed by atoms with Gasteiger partial charge in [-0.1, -0.05) is 29.7 Å². The molecule has 0 aliphatic heterocycles. The van der Waals surface area contributed by atoms with Crippen molar-refractivity contribution in [3.05, 3.63) is 29.0 Å². The average Bonchev–Trinajstić information content (AvgIpc) is 2.45. The minimum Gasteiger partial charge on any atom is -0.317 e. The Labute approximate surface area is 129 Å². The number of nitriles is 1. The van der Waals surface area contributed by atoms with Crippen LogP contribution in [-0.2, 0) is 16.1 Å². The van der Waals surface area contributed by atoms with Crippen molar-refractivity contribution in [1.82, 2.24) is 4.98 Å². The average molecular weight is 308 g/mol. The summed E-state index contributed by atoms with van der Waals surface area (Å²) in [6.45, 7) is 3.92. The molecular formula is C15H18ClN3O2. The summed E-state index contributed by atoms with van der Waals surface area (Å²) in [5.41, 5.74) is 1.88. The topological polar surface area (TPSA) is 75.3 Å². The number of pyridine rings is 1. The monoisotopic (exact) mass is 307 g/mol. The van der Waals surface area contributed by atoms with Gasteiger partial charge >= 0.3 is 5.97 Å². The summed E-state index contributed by atoms with van der Waals surface area (Å²) in [4.78, 5) is 19.7. The number of halogens is 1. The number of aryl methyl sites for hydroxylation is 1. The molecule has 1 atom stereocenters. The van der Waals surface area contributed by atoms with Gasteiger partial charge in [-0.15, -0.1) is 0 Å². The van der Waals surface area contributed by atoms with Crippen molar-refractivity contribution in [3.8, 4) is 6.07 Å². The third kappa shape index (κ3) is 7.42. The van der Waals surface area contributed by atoms with Crippen LogP contribution < -0.4 is 0 Å². The van der Waals surface area contributed by atoms with E-state index < -0.39 is 5.97 Å². The van der Waals surface area contributed by atoms with Gasteiger partial charge in [-0.25, -0.2) is 9.78 Å². The predicted octanol–water partition coefficient (Wildman–Crippen LogP) is 3.53. The molecule has 0 fully saturated rings. The molecule has 1 heterocycles. The summed E-state index contributed by atoms with van der Waals surface area (Å²) in [6.07, 6.45) is 4.12. The molecule has 1 aromatic rings. The molecule has 1 rings (SSSR count). The molecule has 0 saturated carbocycles. The van der Waals surface area contributed by atoms with E-state index in [9.17, 15) is 4.79 Å². The molecule has 0 bridgehead atoms. The second-order valence-electron chi connectivity index (χ2n) is 4.96. The quantitative estimate of drug-likeness (QED) is 0.334. The number of rotatable bonds is 7. The lowest BCUT2D eigenvalue weighted by atomic mass is 9.97. The molecule has 0 aliphatic rings. The summed E-state index contributed by atoms with van der Waals surface area (Å²) in [7, 11) is 0. The third-order valence-corrected chi connectivity index (χ3v) is 3.11. The molecule has 112 valence electrons. The summed E-state index contributed by atoms with van der Waals surface area (Å²) >= 11 is 5.74. The Balaban J connectivity index is 2.34. The lowest BCUT2D eigenvalue weighted by Gasteiger charge is -2.10. The van der Waals surface area contributed by atoms with E-state index in [2.05, 4.69) is 21.9 Å². The highest BCUT2D eigenvalue weighted by Crippen LogP contribution is 2.14. The first-order valence-corrected chi connectivity index (χ1v) is 7.09. The first-order chi connectivity index (χ1) is 10.0. The first kappa shape index (κ1) is 17.1. The summed E-state index contributed by atoms with van der Waals surface area (Å²) < 4.78 is 0. The minimum absolute atomic E-state index is 0.282. The Morgan fingerprint density at radius 3 is 2.95 bits per heavy atom. The second kappa shape index (κ2) is 9.09. The Kier molecular flexibility index (Phi) is 7.41. The molecular weight excluding hydrogens is 290 g/mol. The zero-order valence-corrected chi connectivity index (χ0v) is 12.9. The van der Waals surface area contributed by atoms with Crippen LogP contribution in [0.4, 0.5) is 0 Å². The Hall–Kier alpha value is -1.93. The van der Waals surface area contributed by atoms with Crippen LogP contribution in [-0.4, -0.2) is 16.7 Å². The van der Waals surface area contributed by atoms with Gasteiger partial charge in [-0.3, -0.25) is 0 Å². The van der Waals surface area contributed by atoms with Crippen molar-refractivity contribution in [2.75, 3.05) is 0 Å². The molecule has 0 aromatic carbocycles. The molecule has 21 heavy (non-hydrogen) atoms. The maximum atomic E-state index is 11.0. The molecule has 0 spiro atoms. The lowest BCUT2D eigenvalue weighted by Crippen LogP contribution is -2.06. The van der Waals surface area contributed by atoms with Crippen LogP contribution in [0, 0.1) is 17.2 Å². The molecule has 0 saturated heterocycles. The standard InChI is InChI=1S/C15H18ClN3O2/c1-11(3-4-13-5-6-14(16)18-10-13)9-12(2)19-21-15(20)7-8-17/h5-6,10-11H,3-4,7,9H2,1-2H3. The third-order valence-electron chi connectivity index (χ3n) is 2.89. The lowest BCUT2D eigenvalue weighted by molar-refractivity contribution is -0.142. The first-order valence-electron chi connectivity index (χ1n) is 6.72. The Morgan fingerprint density at radius 2 is 2.33 bits per heavy atom. The van der Waals surface area contributed by atoms with Gasteiger partial charge in [-0.05, 0) is 43.7 Å². The van der Waals surface area contributed by atoms with E-state index >= 15 is 0 Å². The zero-order chi connectivity index (χ0) is 15.7. The number of nitrogens with zero attached hydrogens (tertiary/aromatic N) is 3. The van der Waals surface area contributed by atoms with Crippen LogP contribution in [0.2, 0.25) is 5.15 Å². The smallest absolute Gasteiger partial charge is 0.317 e. The van der Waals surface area contributed by atoms with Crippen molar-refractivity contribution in [2.45, 2.75) is 39.5 Å². The molecule has 5 nitrogen and oxygen atoms in total. The van der Waals surface area contributed by atoms with Crippen LogP contribution >= 0.6 is 11.6 Å². The highest BCUT2D eigenvalue weighted by molar-refractivity contribution is 6.29. The summed E-state index contributed by atoms with van der Waals surface area (Å²) in [5, 5.41) is 12.6. The molecule has 0 aliphatic carbocycles. The molecule has 0 N–H and O–H groups in total. The molecule has 0 amide bonds. The molecule has 1 unspecified atom stereocenters. The van der Waals surface area contributed by atoms with Crippen LogP contribution in [0.3, 0.4) is 0 Å². The van der Waals surface area contributed by atoms with E-state index in [1.165, 1.54) is 0 Å². The van der Waals surface area contributed by atoms with Crippen molar-refractivity contribution >= 4 is 23.3 Å². The van der Waals surface area contributed by atoms with Gasteiger partial charge in [0.2, 0.25) is 0 Å². The van der Waals surface area contributed by atoms with Gasteiger partial charge in [-0.2, -0.15) is 5.26 Å². The van der Waals surface area contributed by atoms with E-state index in [1.807, 2.05) is 6.07 Å². The van der Waals surface area contributed by atoms with Gasteiger partial charge < -0.3 is 4.84 Å². The van der Waals surface area contributed by atoms with Crippen LogP contribution in [0.5, 0.6) is 0 Å². The number of carbonyl (C=O) groups is 1. The maximum Gasteiger partial charge on any atom is 0.348 e.